The number of benzene rings is 1. The van der Waals surface area contributed by atoms with Crippen LogP contribution in [-0.4, -0.2) is 27.9 Å². The Bertz CT molecular complexity index is 617. The Hall–Kier alpha value is -2.25. The van der Waals surface area contributed by atoms with E-state index >= 15 is 0 Å². The van der Waals surface area contributed by atoms with Crippen LogP contribution in [0.1, 0.15) is 19.4 Å². The highest BCUT2D eigenvalue weighted by atomic mass is 19.4. The average molecular weight is 299 g/mol. The molecule has 5 nitrogen and oxygen atoms in total. The SMILES string of the molecule is CCN(CC)c1nc(N)n(-c2cccc(C(F)(F)F)c2)n1. The van der Waals surface area contributed by atoms with Gasteiger partial charge in [0.15, 0.2) is 0 Å². The van der Waals surface area contributed by atoms with Gasteiger partial charge in [-0.15, -0.1) is 5.10 Å². The molecule has 0 unspecified atom stereocenters. The van der Waals surface area contributed by atoms with E-state index in [1.54, 1.807) is 0 Å². The van der Waals surface area contributed by atoms with Crippen LogP contribution in [0.25, 0.3) is 5.69 Å². The fourth-order valence-corrected chi connectivity index (χ4v) is 1.96. The number of nitrogen functional groups attached to an aromatic ring is 1. The second kappa shape index (κ2) is 5.63. The van der Waals surface area contributed by atoms with Crippen molar-refractivity contribution in [3.8, 4) is 5.69 Å². The van der Waals surface area contributed by atoms with Gasteiger partial charge in [-0.2, -0.15) is 22.8 Å². The van der Waals surface area contributed by atoms with Crippen LogP contribution in [0.2, 0.25) is 0 Å². The van der Waals surface area contributed by atoms with E-state index in [2.05, 4.69) is 10.1 Å². The zero-order valence-corrected chi connectivity index (χ0v) is 11.7. The number of anilines is 2. The summed E-state index contributed by atoms with van der Waals surface area (Å²) in [4.78, 5) is 5.96. The Balaban J connectivity index is 2.43. The third-order valence-electron chi connectivity index (χ3n) is 3.09. The minimum absolute atomic E-state index is 0.0521. The van der Waals surface area contributed by atoms with Crippen LogP contribution in [-0.2, 0) is 6.18 Å². The maximum Gasteiger partial charge on any atom is 0.416 e. The Morgan fingerprint density at radius 3 is 2.48 bits per heavy atom. The summed E-state index contributed by atoms with van der Waals surface area (Å²) >= 11 is 0. The van der Waals surface area contributed by atoms with Crippen LogP contribution in [0, 0.1) is 0 Å². The smallest absolute Gasteiger partial charge is 0.368 e. The quantitative estimate of drug-likeness (QED) is 0.943. The first-order chi connectivity index (χ1) is 9.86. The van der Waals surface area contributed by atoms with E-state index in [-0.39, 0.29) is 11.6 Å². The number of nitrogens with two attached hydrogens (primary N) is 1. The van der Waals surface area contributed by atoms with Crippen molar-refractivity contribution in [2.45, 2.75) is 20.0 Å². The number of rotatable bonds is 4. The van der Waals surface area contributed by atoms with E-state index in [1.807, 2.05) is 18.7 Å². The summed E-state index contributed by atoms with van der Waals surface area (Å²) in [5.74, 6) is 0.450. The second-order valence-electron chi connectivity index (χ2n) is 4.40. The minimum atomic E-state index is -4.41. The molecule has 2 rings (SSSR count). The summed E-state index contributed by atoms with van der Waals surface area (Å²) in [6.45, 7) is 5.24. The molecule has 0 amide bonds. The number of nitrogens with zero attached hydrogens (tertiary/aromatic N) is 4. The van der Waals surface area contributed by atoms with Crippen molar-refractivity contribution in [1.29, 1.82) is 0 Å². The van der Waals surface area contributed by atoms with Gasteiger partial charge < -0.3 is 10.6 Å². The van der Waals surface area contributed by atoms with E-state index in [1.165, 1.54) is 16.8 Å². The summed E-state index contributed by atoms with van der Waals surface area (Å²) in [7, 11) is 0. The highest BCUT2D eigenvalue weighted by molar-refractivity contribution is 5.44. The molecule has 2 aromatic rings. The van der Waals surface area contributed by atoms with Gasteiger partial charge in [-0.1, -0.05) is 6.07 Å². The third kappa shape index (κ3) is 3.09. The lowest BCUT2D eigenvalue weighted by Crippen LogP contribution is -2.23. The van der Waals surface area contributed by atoms with E-state index in [0.717, 1.165) is 12.1 Å². The molecule has 2 N–H and O–H groups in total. The maximum absolute atomic E-state index is 12.7. The molecular weight excluding hydrogens is 283 g/mol. The van der Waals surface area contributed by atoms with Crippen LogP contribution in [0.5, 0.6) is 0 Å². The molecule has 0 saturated carbocycles. The van der Waals surface area contributed by atoms with Crippen LogP contribution in [0.15, 0.2) is 24.3 Å². The van der Waals surface area contributed by atoms with E-state index in [4.69, 9.17) is 5.73 Å². The van der Waals surface area contributed by atoms with Crippen molar-refractivity contribution in [2.75, 3.05) is 23.7 Å². The van der Waals surface area contributed by atoms with Crippen LogP contribution < -0.4 is 10.6 Å². The van der Waals surface area contributed by atoms with Gasteiger partial charge in [0.2, 0.25) is 11.9 Å². The van der Waals surface area contributed by atoms with Gasteiger partial charge in [-0.25, -0.2) is 0 Å². The highest BCUT2D eigenvalue weighted by Crippen LogP contribution is 2.30. The molecule has 1 heterocycles. The fourth-order valence-electron chi connectivity index (χ4n) is 1.96. The number of alkyl halides is 3. The molecule has 0 aliphatic heterocycles. The molecule has 8 heteroatoms. The van der Waals surface area contributed by atoms with Gasteiger partial charge in [0.25, 0.3) is 0 Å². The van der Waals surface area contributed by atoms with Crippen molar-refractivity contribution in [3.05, 3.63) is 29.8 Å². The van der Waals surface area contributed by atoms with Gasteiger partial charge in [-0.3, -0.25) is 0 Å². The molecular formula is C13H16F3N5. The first-order valence-electron chi connectivity index (χ1n) is 6.52. The third-order valence-corrected chi connectivity index (χ3v) is 3.09. The summed E-state index contributed by atoms with van der Waals surface area (Å²) in [5, 5.41) is 4.18. The lowest BCUT2D eigenvalue weighted by molar-refractivity contribution is -0.137. The molecule has 0 fully saturated rings. The zero-order chi connectivity index (χ0) is 15.6. The molecule has 0 aliphatic rings. The van der Waals surface area contributed by atoms with Crippen molar-refractivity contribution in [1.82, 2.24) is 14.8 Å². The largest absolute Gasteiger partial charge is 0.416 e. The number of hydrogen-bond donors (Lipinski definition) is 1. The summed E-state index contributed by atoms with van der Waals surface area (Å²) < 4.78 is 39.4. The van der Waals surface area contributed by atoms with E-state index in [0.29, 0.717) is 19.0 Å². The Morgan fingerprint density at radius 2 is 1.90 bits per heavy atom. The molecule has 21 heavy (non-hydrogen) atoms. The molecule has 1 aromatic carbocycles. The van der Waals surface area contributed by atoms with Gasteiger partial charge in [-0.05, 0) is 32.0 Å². The van der Waals surface area contributed by atoms with E-state index in [9.17, 15) is 13.2 Å². The van der Waals surface area contributed by atoms with Gasteiger partial charge in [0.1, 0.15) is 0 Å². The molecule has 0 radical (unpaired) electrons. The molecule has 0 saturated heterocycles. The molecule has 0 bridgehead atoms. The highest BCUT2D eigenvalue weighted by Gasteiger charge is 2.30. The molecule has 0 spiro atoms. The number of halogens is 3. The minimum Gasteiger partial charge on any atom is -0.368 e. The standard InChI is InChI=1S/C13H16F3N5/c1-3-20(4-2)12-18-11(17)21(19-12)10-7-5-6-9(8-10)13(14,15)16/h5-8H,3-4H2,1-2H3,(H2,17,18,19). The normalized spacial score (nSPS) is 11.7. The Kier molecular flexibility index (Phi) is 4.06. The Labute approximate surface area is 120 Å². The first kappa shape index (κ1) is 15.1. The lowest BCUT2D eigenvalue weighted by atomic mass is 10.2. The summed E-state index contributed by atoms with van der Waals surface area (Å²) in [5.41, 5.74) is 5.24. The van der Waals surface area contributed by atoms with Gasteiger partial charge in [0, 0.05) is 13.1 Å². The summed E-state index contributed by atoms with van der Waals surface area (Å²) in [6.07, 6.45) is -4.41. The molecule has 1 aromatic heterocycles. The lowest BCUT2D eigenvalue weighted by Gasteiger charge is -2.15. The predicted molar refractivity (Wildman–Crippen MR) is 74.3 cm³/mol. The zero-order valence-electron chi connectivity index (χ0n) is 11.7. The number of hydrogen-bond acceptors (Lipinski definition) is 4. The van der Waals surface area contributed by atoms with Crippen LogP contribution in [0.3, 0.4) is 0 Å². The number of aromatic nitrogens is 3. The van der Waals surface area contributed by atoms with Gasteiger partial charge >= 0.3 is 6.18 Å². The van der Waals surface area contributed by atoms with Crippen molar-refractivity contribution >= 4 is 11.9 Å². The molecule has 0 aliphatic carbocycles. The first-order valence-corrected chi connectivity index (χ1v) is 6.52. The Morgan fingerprint density at radius 1 is 1.24 bits per heavy atom. The predicted octanol–water partition coefficient (Wildman–Crippen LogP) is 2.71. The fraction of sp³-hybridized carbons (Fsp3) is 0.385. The average Bonchev–Trinajstić information content (AvgIpc) is 2.81. The summed E-state index contributed by atoms with van der Waals surface area (Å²) in [6, 6.07) is 4.82. The maximum atomic E-state index is 12.7. The van der Waals surface area contributed by atoms with E-state index < -0.39 is 11.7 Å². The topological polar surface area (TPSA) is 60.0 Å². The monoisotopic (exact) mass is 299 g/mol. The van der Waals surface area contributed by atoms with Crippen LogP contribution in [0.4, 0.5) is 25.1 Å². The molecule has 114 valence electrons. The van der Waals surface area contributed by atoms with Crippen molar-refractivity contribution < 1.29 is 13.2 Å². The van der Waals surface area contributed by atoms with Crippen molar-refractivity contribution in [2.24, 2.45) is 0 Å². The van der Waals surface area contributed by atoms with Gasteiger partial charge in [0.05, 0.1) is 11.3 Å². The van der Waals surface area contributed by atoms with Crippen LogP contribution >= 0.6 is 0 Å². The second-order valence-corrected chi connectivity index (χ2v) is 4.40. The van der Waals surface area contributed by atoms with Crippen molar-refractivity contribution in [3.63, 3.8) is 0 Å². The molecule has 0 atom stereocenters.